The number of nitrogens with zero attached hydrogens (tertiary/aromatic N) is 1. The Morgan fingerprint density at radius 3 is 2.43 bits per heavy atom. The van der Waals surface area contributed by atoms with Gasteiger partial charge < -0.3 is 10.2 Å². The molecule has 1 saturated carbocycles. The van der Waals surface area contributed by atoms with E-state index in [4.69, 9.17) is 0 Å². The van der Waals surface area contributed by atoms with Gasteiger partial charge in [0.25, 0.3) is 11.8 Å². The number of thioether (sulfide) groups is 1. The molecule has 0 bridgehead atoms. The van der Waals surface area contributed by atoms with E-state index in [1.165, 1.54) is 24.3 Å². The van der Waals surface area contributed by atoms with Crippen LogP contribution in [0.5, 0.6) is 0 Å². The summed E-state index contributed by atoms with van der Waals surface area (Å²) in [5, 5.41) is 3.12. The first-order valence-corrected chi connectivity index (χ1v) is 11.6. The number of nitrogens with one attached hydrogen (secondary N) is 1. The highest BCUT2D eigenvalue weighted by atomic mass is 32.2. The first-order valence-electron chi connectivity index (χ1n) is 10.7. The van der Waals surface area contributed by atoms with E-state index in [9.17, 15) is 14.0 Å². The zero-order valence-electron chi connectivity index (χ0n) is 17.8. The molecule has 1 aliphatic carbocycles. The maximum Gasteiger partial charge on any atom is 0.258 e. The standard InChI is InChI=1S/C22H23FN2O2S.C2H6/c1-14-2-8-18(12-14)24-21(26)16-5-9-20-19(13-16)25(10-11-28-20)22(27)15-3-6-17(23)7-4-15;1-2/h3-7,9,13-14,18H,2,8,10-12H2,1H3,(H,24,26);1-2H3. The van der Waals surface area contributed by atoms with Crippen LogP contribution < -0.4 is 10.2 Å². The number of carbonyl (C=O) groups excluding carboxylic acids is 2. The summed E-state index contributed by atoms with van der Waals surface area (Å²) in [7, 11) is 0. The van der Waals surface area contributed by atoms with Crippen LogP contribution in [-0.2, 0) is 0 Å². The highest BCUT2D eigenvalue weighted by molar-refractivity contribution is 7.99. The molecule has 4 rings (SSSR count). The topological polar surface area (TPSA) is 49.4 Å². The van der Waals surface area contributed by atoms with Gasteiger partial charge in [-0.05, 0) is 67.6 Å². The normalized spacial score (nSPS) is 20.1. The zero-order chi connectivity index (χ0) is 21.7. The lowest BCUT2D eigenvalue weighted by Gasteiger charge is -2.29. The van der Waals surface area contributed by atoms with Gasteiger partial charge in [0.1, 0.15) is 5.82 Å². The molecule has 2 amide bonds. The number of hydrogen-bond donors (Lipinski definition) is 1. The maximum absolute atomic E-state index is 13.2. The third-order valence-corrected chi connectivity index (χ3v) is 6.49. The van der Waals surface area contributed by atoms with E-state index in [2.05, 4.69) is 12.2 Å². The summed E-state index contributed by atoms with van der Waals surface area (Å²) < 4.78 is 13.2. The van der Waals surface area contributed by atoms with E-state index in [0.717, 1.165) is 35.6 Å². The van der Waals surface area contributed by atoms with Crippen LogP contribution in [0.15, 0.2) is 47.4 Å². The molecular formula is C24H29FN2O2S. The number of rotatable bonds is 3. The molecule has 1 heterocycles. The van der Waals surface area contributed by atoms with Gasteiger partial charge in [-0.1, -0.05) is 20.8 Å². The molecule has 2 aliphatic rings. The summed E-state index contributed by atoms with van der Waals surface area (Å²) in [6, 6.07) is 11.3. The summed E-state index contributed by atoms with van der Waals surface area (Å²) in [5.74, 6) is 0.793. The fraction of sp³-hybridized carbons (Fsp3) is 0.417. The highest BCUT2D eigenvalue weighted by Crippen LogP contribution is 2.36. The Bertz CT molecular complexity index is 901. The van der Waals surface area contributed by atoms with Gasteiger partial charge in [-0.2, -0.15) is 0 Å². The lowest BCUT2D eigenvalue weighted by atomic mass is 10.1. The van der Waals surface area contributed by atoms with Crippen LogP contribution in [0.2, 0.25) is 0 Å². The Morgan fingerprint density at radius 2 is 1.77 bits per heavy atom. The largest absolute Gasteiger partial charge is 0.349 e. The first kappa shape index (κ1) is 22.3. The Kier molecular flexibility index (Phi) is 7.53. The highest BCUT2D eigenvalue weighted by Gasteiger charge is 2.27. The molecule has 1 aliphatic heterocycles. The lowest BCUT2D eigenvalue weighted by molar-refractivity contribution is 0.0934. The molecule has 6 heteroatoms. The van der Waals surface area contributed by atoms with E-state index in [0.29, 0.717) is 23.6 Å². The van der Waals surface area contributed by atoms with Crippen molar-refractivity contribution in [2.75, 3.05) is 17.2 Å². The minimum absolute atomic E-state index is 0.0911. The van der Waals surface area contributed by atoms with E-state index < -0.39 is 0 Å². The molecule has 2 unspecified atom stereocenters. The van der Waals surface area contributed by atoms with Gasteiger partial charge in [0.15, 0.2) is 0 Å². The second kappa shape index (κ2) is 10.1. The SMILES string of the molecule is CC.CC1CCC(NC(=O)c2ccc3c(c2)N(C(=O)c2ccc(F)cc2)CCS3)C1. The zero-order valence-corrected chi connectivity index (χ0v) is 18.6. The van der Waals surface area contributed by atoms with Gasteiger partial charge in [0.2, 0.25) is 0 Å². The second-order valence-electron chi connectivity index (χ2n) is 7.58. The fourth-order valence-electron chi connectivity index (χ4n) is 3.93. The van der Waals surface area contributed by atoms with Crippen molar-refractivity contribution >= 4 is 29.3 Å². The summed E-state index contributed by atoms with van der Waals surface area (Å²) in [6.07, 6.45) is 3.18. The average Bonchev–Trinajstić information content (AvgIpc) is 3.18. The van der Waals surface area contributed by atoms with E-state index in [1.807, 2.05) is 26.0 Å². The first-order chi connectivity index (χ1) is 14.5. The monoisotopic (exact) mass is 428 g/mol. The quantitative estimate of drug-likeness (QED) is 0.700. The van der Waals surface area contributed by atoms with Gasteiger partial charge in [-0.25, -0.2) is 4.39 Å². The van der Waals surface area contributed by atoms with Crippen molar-refractivity contribution in [2.24, 2.45) is 5.92 Å². The predicted molar refractivity (Wildman–Crippen MR) is 121 cm³/mol. The number of hydrogen-bond acceptors (Lipinski definition) is 3. The van der Waals surface area contributed by atoms with Crippen molar-refractivity contribution in [1.29, 1.82) is 0 Å². The number of amides is 2. The van der Waals surface area contributed by atoms with Crippen molar-refractivity contribution < 1.29 is 14.0 Å². The Morgan fingerprint density at radius 1 is 1.07 bits per heavy atom. The van der Waals surface area contributed by atoms with Crippen molar-refractivity contribution in [3.63, 3.8) is 0 Å². The van der Waals surface area contributed by atoms with Crippen molar-refractivity contribution in [1.82, 2.24) is 5.32 Å². The Balaban J connectivity index is 0.00000124. The van der Waals surface area contributed by atoms with Crippen LogP contribution in [0.4, 0.5) is 10.1 Å². The van der Waals surface area contributed by atoms with Crippen LogP contribution in [-0.4, -0.2) is 30.2 Å². The maximum atomic E-state index is 13.2. The third kappa shape index (κ3) is 5.04. The molecule has 160 valence electrons. The van der Waals surface area contributed by atoms with E-state index in [-0.39, 0.29) is 23.7 Å². The minimum atomic E-state index is -0.369. The van der Waals surface area contributed by atoms with Crippen molar-refractivity contribution in [2.45, 2.75) is 51.0 Å². The second-order valence-corrected chi connectivity index (χ2v) is 8.72. The molecule has 0 saturated heterocycles. The molecule has 1 N–H and O–H groups in total. The molecule has 30 heavy (non-hydrogen) atoms. The van der Waals surface area contributed by atoms with Crippen LogP contribution in [0.1, 0.15) is 60.7 Å². The van der Waals surface area contributed by atoms with Gasteiger partial charge in [0.05, 0.1) is 5.69 Å². The summed E-state index contributed by atoms with van der Waals surface area (Å²) >= 11 is 1.68. The molecule has 1 fully saturated rings. The predicted octanol–water partition coefficient (Wildman–Crippen LogP) is 5.52. The molecule has 2 atom stereocenters. The van der Waals surface area contributed by atoms with Gasteiger partial charge in [-0.15, -0.1) is 11.8 Å². The molecule has 4 nitrogen and oxygen atoms in total. The molecule has 0 radical (unpaired) electrons. The smallest absolute Gasteiger partial charge is 0.258 e. The van der Waals surface area contributed by atoms with E-state index in [1.54, 1.807) is 22.7 Å². The Hall–Kier alpha value is -2.34. The van der Waals surface area contributed by atoms with Crippen LogP contribution >= 0.6 is 11.8 Å². The van der Waals surface area contributed by atoms with E-state index >= 15 is 0 Å². The fourth-order valence-corrected chi connectivity index (χ4v) is 4.90. The molecule has 0 aromatic heterocycles. The summed E-state index contributed by atoms with van der Waals surface area (Å²) in [5.41, 5.74) is 1.75. The van der Waals surface area contributed by atoms with Gasteiger partial charge >= 0.3 is 0 Å². The van der Waals surface area contributed by atoms with Gasteiger partial charge in [0, 0.05) is 34.4 Å². The van der Waals surface area contributed by atoms with Crippen LogP contribution in [0.25, 0.3) is 0 Å². The minimum Gasteiger partial charge on any atom is -0.349 e. The average molecular weight is 429 g/mol. The van der Waals surface area contributed by atoms with Crippen molar-refractivity contribution in [3.8, 4) is 0 Å². The lowest BCUT2D eigenvalue weighted by Crippen LogP contribution is -2.36. The molecule has 2 aromatic rings. The number of carbonyl (C=O) groups is 2. The van der Waals surface area contributed by atoms with Crippen molar-refractivity contribution in [3.05, 3.63) is 59.4 Å². The summed E-state index contributed by atoms with van der Waals surface area (Å²) in [6.45, 7) is 6.76. The Labute approximate surface area is 182 Å². The number of anilines is 1. The van der Waals surface area contributed by atoms with Crippen LogP contribution in [0.3, 0.4) is 0 Å². The number of fused-ring (bicyclic) bond motifs is 1. The molecule has 2 aromatic carbocycles. The molecular weight excluding hydrogens is 399 g/mol. The van der Waals surface area contributed by atoms with Gasteiger partial charge in [-0.3, -0.25) is 9.59 Å². The molecule has 0 spiro atoms. The number of benzene rings is 2. The summed E-state index contributed by atoms with van der Waals surface area (Å²) in [4.78, 5) is 28.3. The van der Waals surface area contributed by atoms with Crippen LogP contribution in [0, 0.1) is 11.7 Å². The number of halogens is 1. The third-order valence-electron chi connectivity index (χ3n) is 5.45.